The minimum atomic E-state index is 0.197. The number of hydrogen-bond donors (Lipinski definition) is 0. The maximum absolute atomic E-state index is 12.5. The predicted molar refractivity (Wildman–Crippen MR) is 95.0 cm³/mol. The summed E-state index contributed by atoms with van der Waals surface area (Å²) in [5.74, 6) is 0.403. The largest absolute Gasteiger partial charge is 0.342 e. The van der Waals surface area contributed by atoms with Crippen LogP contribution in [0.2, 0.25) is 0 Å². The second kappa shape index (κ2) is 7.34. The molecule has 5 nitrogen and oxygen atoms in total. The van der Waals surface area contributed by atoms with Gasteiger partial charge in [0.05, 0.1) is 6.42 Å². The van der Waals surface area contributed by atoms with E-state index in [0.29, 0.717) is 18.9 Å². The highest BCUT2D eigenvalue weighted by molar-refractivity contribution is 5.95. The Morgan fingerprint density at radius 1 is 1.12 bits per heavy atom. The molecule has 3 rings (SSSR count). The van der Waals surface area contributed by atoms with Crippen LogP contribution in [-0.4, -0.2) is 61.4 Å². The lowest BCUT2D eigenvalue weighted by Gasteiger charge is -2.35. The van der Waals surface area contributed by atoms with Gasteiger partial charge in [0.25, 0.3) is 0 Å². The highest BCUT2D eigenvalue weighted by Gasteiger charge is 2.24. The molecule has 0 unspecified atom stereocenters. The van der Waals surface area contributed by atoms with Crippen molar-refractivity contribution in [3.05, 3.63) is 29.8 Å². The molecule has 5 heteroatoms. The Balaban J connectivity index is 1.54. The highest BCUT2D eigenvalue weighted by atomic mass is 16.2. The summed E-state index contributed by atoms with van der Waals surface area (Å²) in [6.45, 7) is 2.50. The first-order valence-corrected chi connectivity index (χ1v) is 8.88. The molecular weight excluding hydrogens is 302 g/mol. The lowest BCUT2D eigenvalue weighted by atomic mass is 10.0. The van der Waals surface area contributed by atoms with Crippen LogP contribution < -0.4 is 4.90 Å². The number of carbonyl (C=O) groups excluding carboxylic acids is 2. The minimum Gasteiger partial charge on any atom is -0.342 e. The van der Waals surface area contributed by atoms with Gasteiger partial charge in [0.2, 0.25) is 11.8 Å². The molecule has 130 valence electrons. The Bertz CT molecular complexity index is 589. The number of rotatable bonds is 4. The summed E-state index contributed by atoms with van der Waals surface area (Å²) in [5, 5.41) is 0. The number of anilines is 1. The van der Waals surface area contributed by atoms with Crippen LogP contribution in [0.4, 0.5) is 5.69 Å². The highest BCUT2D eigenvalue weighted by Crippen LogP contribution is 2.22. The Labute approximate surface area is 144 Å². The standard InChI is InChI=1S/C19H27N3O2/c1-20(2)16-9-12-21(13-10-16)19(24)14-15-5-7-17(8-6-15)22-11-3-4-18(22)23/h5-8,16H,3-4,9-14H2,1-2H3. The van der Waals surface area contributed by atoms with Gasteiger partial charge in [-0.05, 0) is 51.1 Å². The van der Waals surface area contributed by atoms with E-state index < -0.39 is 0 Å². The first-order valence-electron chi connectivity index (χ1n) is 8.88. The van der Waals surface area contributed by atoms with Crippen LogP contribution >= 0.6 is 0 Å². The number of likely N-dealkylation sites (tertiary alicyclic amines) is 1. The molecule has 0 saturated carbocycles. The molecule has 0 radical (unpaired) electrons. The smallest absolute Gasteiger partial charge is 0.227 e. The van der Waals surface area contributed by atoms with Crippen molar-refractivity contribution >= 4 is 17.5 Å². The zero-order valence-corrected chi connectivity index (χ0v) is 14.7. The topological polar surface area (TPSA) is 43.9 Å². The van der Waals surface area contributed by atoms with Crippen molar-refractivity contribution in [2.45, 2.75) is 38.1 Å². The van der Waals surface area contributed by atoms with Crippen LogP contribution in [-0.2, 0) is 16.0 Å². The molecule has 2 heterocycles. The lowest BCUT2D eigenvalue weighted by molar-refractivity contribution is -0.132. The molecule has 2 aliphatic heterocycles. The van der Waals surface area contributed by atoms with Gasteiger partial charge in [-0.25, -0.2) is 0 Å². The van der Waals surface area contributed by atoms with E-state index in [0.717, 1.165) is 50.1 Å². The SMILES string of the molecule is CN(C)C1CCN(C(=O)Cc2ccc(N3CCCC3=O)cc2)CC1. The first kappa shape index (κ1) is 17.0. The average molecular weight is 329 g/mol. The molecule has 0 aromatic heterocycles. The van der Waals surface area contributed by atoms with Crippen LogP contribution in [0.15, 0.2) is 24.3 Å². The van der Waals surface area contributed by atoms with Gasteiger partial charge in [0, 0.05) is 37.8 Å². The second-order valence-corrected chi connectivity index (χ2v) is 7.07. The van der Waals surface area contributed by atoms with E-state index in [1.165, 1.54) is 0 Å². The molecule has 0 bridgehead atoms. The zero-order chi connectivity index (χ0) is 17.1. The van der Waals surface area contributed by atoms with Gasteiger partial charge in [-0.1, -0.05) is 12.1 Å². The first-order chi connectivity index (χ1) is 11.5. The summed E-state index contributed by atoms with van der Waals surface area (Å²) in [6, 6.07) is 8.47. The number of hydrogen-bond acceptors (Lipinski definition) is 3. The Hall–Kier alpha value is -1.88. The van der Waals surface area contributed by atoms with Crippen LogP contribution in [0, 0.1) is 0 Å². The normalized spacial score (nSPS) is 19.4. The third-order valence-corrected chi connectivity index (χ3v) is 5.22. The van der Waals surface area contributed by atoms with Gasteiger partial charge < -0.3 is 14.7 Å². The number of amides is 2. The van der Waals surface area contributed by atoms with E-state index in [-0.39, 0.29) is 11.8 Å². The summed E-state index contributed by atoms with van der Waals surface area (Å²) < 4.78 is 0. The summed E-state index contributed by atoms with van der Waals surface area (Å²) in [7, 11) is 4.21. The molecule has 0 aliphatic carbocycles. The van der Waals surface area contributed by atoms with Gasteiger partial charge in [0.1, 0.15) is 0 Å². The zero-order valence-electron chi connectivity index (χ0n) is 14.7. The molecule has 0 N–H and O–H groups in total. The van der Waals surface area contributed by atoms with E-state index in [1.54, 1.807) is 0 Å². The van der Waals surface area contributed by atoms with Crippen molar-refractivity contribution in [1.29, 1.82) is 0 Å². The fourth-order valence-electron chi connectivity index (χ4n) is 3.63. The molecule has 0 atom stereocenters. The maximum Gasteiger partial charge on any atom is 0.227 e. The maximum atomic E-state index is 12.5. The molecular formula is C19H27N3O2. The van der Waals surface area contributed by atoms with Gasteiger partial charge >= 0.3 is 0 Å². The van der Waals surface area contributed by atoms with Crippen LogP contribution in [0.1, 0.15) is 31.2 Å². The lowest BCUT2D eigenvalue weighted by Crippen LogP contribution is -2.44. The average Bonchev–Trinajstić information content (AvgIpc) is 3.01. The Kier molecular flexibility index (Phi) is 5.19. The van der Waals surface area contributed by atoms with Gasteiger partial charge in [-0.2, -0.15) is 0 Å². The van der Waals surface area contributed by atoms with Crippen LogP contribution in [0.5, 0.6) is 0 Å². The van der Waals surface area contributed by atoms with Crippen molar-refractivity contribution in [1.82, 2.24) is 9.80 Å². The number of piperidine rings is 1. The van der Waals surface area contributed by atoms with E-state index in [9.17, 15) is 9.59 Å². The quantitative estimate of drug-likeness (QED) is 0.847. The van der Waals surface area contributed by atoms with Crippen molar-refractivity contribution < 1.29 is 9.59 Å². The molecule has 2 saturated heterocycles. The molecule has 1 aromatic rings. The summed E-state index contributed by atoms with van der Waals surface area (Å²) in [6.07, 6.45) is 4.12. The summed E-state index contributed by atoms with van der Waals surface area (Å²) >= 11 is 0. The van der Waals surface area contributed by atoms with Crippen molar-refractivity contribution in [2.75, 3.05) is 38.6 Å². The molecule has 2 fully saturated rings. The van der Waals surface area contributed by atoms with E-state index in [4.69, 9.17) is 0 Å². The number of nitrogens with zero attached hydrogens (tertiary/aromatic N) is 3. The fourth-order valence-corrected chi connectivity index (χ4v) is 3.63. The summed E-state index contributed by atoms with van der Waals surface area (Å²) in [5.41, 5.74) is 1.96. The molecule has 2 aliphatic rings. The van der Waals surface area contributed by atoms with Gasteiger partial charge in [-0.15, -0.1) is 0 Å². The molecule has 0 spiro atoms. The van der Waals surface area contributed by atoms with Crippen molar-refractivity contribution in [2.24, 2.45) is 0 Å². The number of benzene rings is 1. The van der Waals surface area contributed by atoms with E-state index in [1.807, 2.05) is 34.1 Å². The van der Waals surface area contributed by atoms with Crippen molar-refractivity contribution in [3.63, 3.8) is 0 Å². The third kappa shape index (κ3) is 3.78. The minimum absolute atomic E-state index is 0.197. The Morgan fingerprint density at radius 3 is 2.33 bits per heavy atom. The number of carbonyl (C=O) groups is 2. The monoisotopic (exact) mass is 329 g/mol. The van der Waals surface area contributed by atoms with E-state index >= 15 is 0 Å². The fraction of sp³-hybridized carbons (Fsp3) is 0.579. The molecule has 24 heavy (non-hydrogen) atoms. The van der Waals surface area contributed by atoms with E-state index in [2.05, 4.69) is 19.0 Å². The molecule has 1 aromatic carbocycles. The van der Waals surface area contributed by atoms with Crippen LogP contribution in [0.25, 0.3) is 0 Å². The predicted octanol–water partition coefficient (Wildman–Crippen LogP) is 1.91. The van der Waals surface area contributed by atoms with Gasteiger partial charge in [0.15, 0.2) is 0 Å². The molecule has 2 amide bonds. The van der Waals surface area contributed by atoms with Crippen LogP contribution in [0.3, 0.4) is 0 Å². The third-order valence-electron chi connectivity index (χ3n) is 5.22. The van der Waals surface area contributed by atoms with Gasteiger partial charge in [-0.3, -0.25) is 9.59 Å². The van der Waals surface area contributed by atoms with Crippen molar-refractivity contribution in [3.8, 4) is 0 Å². The second-order valence-electron chi connectivity index (χ2n) is 7.07. The Morgan fingerprint density at radius 2 is 1.79 bits per heavy atom. The summed E-state index contributed by atoms with van der Waals surface area (Å²) in [4.78, 5) is 30.3.